The number of hydrogen-bond donors (Lipinski definition) is 1. The summed E-state index contributed by atoms with van der Waals surface area (Å²) in [6.07, 6.45) is 6.19. The van der Waals surface area contributed by atoms with Gasteiger partial charge >= 0.3 is 0 Å². The van der Waals surface area contributed by atoms with Gasteiger partial charge in [-0.2, -0.15) is 0 Å². The van der Waals surface area contributed by atoms with E-state index in [1.165, 1.54) is 0 Å². The maximum absolute atomic E-state index is 7.96. The maximum atomic E-state index is 7.96. The Bertz CT molecular complexity index is 113. The summed E-state index contributed by atoms with van der Waals surface area (Å²) in [7, 11) is 0. The molecule has 0 bridgehead atoms. The van der Waals surface area contributed by atoms with Gasteiger partial charge in [0.05, 0.1) is 0 Å². The molecule has 0 atom stereocenters. The predicted octanol–water partition coefficient (Wildman–Crippen LogP) is 1.32. The van der Waals surface area contributed by atoms with Crippen LogP contribution in [0.3, 0.4) is 0 Å². The summed E-state index contributed by atoms with van der Waals surface area (Å²) < 4.78 is 0. The second-order valence-electron chi connectivity index (χ2n) is 1.36. The Morgan fingerprint density at radius 3 is 2.86 bits per heavy atom. The zero-order valence-electron chi connectivity index (χ0n) is 3.79. The zero-order chi connectivity index (χ0) is 5.11. The summed E-state index contributed by atoms with van der Waals surface area (Å²) in [4.78, 5) is 3.91. The molecular formula is C5H6O2. The SMILES string of the molecule is OOC1=CC=CC1. The molecule has 0 aromatic rings. The Labute approximate surface area is 41.7 Å². The van der Waals surface area contributed by atoms with Gasteiger partial charge in [0.1, 0.15) is 5.76 Å². The standard InChI is InChI=1S/C5H6O2/c6-7-5-3-1-2-4-5/h1-3,6H,4H2. The van der Waals surface area contributed by atoms with Crippen LogP contribution in [-0.2, 0) is 4.89 Å². The molecule has 2 heteroatoms. The Kier molecular flexibility index (Phi) is 1.13. The molecule has 1 rings (SSSR count). The molecule has 2 nitrogen and oxygen atoms in total. The average Bonchev–Trinajstić information content (AvgIpc) is 2.14. The first kappa shape index (κ1) is 4.40. The van der Waals surface area contributed by atoms with Crippen LogP contribution in [0.15, 0.2) is 24.0 Å². The zero-order valence-corrected chi connectivity index (χ0v) is 3.79. The van der Waals surface area contributed by atoms with Crippen molar-refractivity contribution in [2.24, 2.45) is 0 Å². The van der Waals surface area contributed by atoms with Gasteiger partial charge in [-0.1, -0.05) is 12.2 Å². The molecule has 0 saturated carbocycles. The maximum Gasteiger partial charge on any atom is 0.145 e. The van der Waals surface area contributed by atoms with Crippen molar-refractivity contribution in [1.29, 1.82) is 0 Å². The van der Waals surface area contributed by atoms with Gasteiger partial charge in [-0.3, -0.25) is 0 Å². The minimum absolute atomic E-state index is 0.611. The first-order valence-electron chi connectivity index (χ1n) is 2.10. The highest BCUT2D eigenvalue weighted by atomic mass is 17.1. The molecular weight excluding hydrogens is 92.1 g/mol. The number of rotatable bonds is 1. The fraction of sp³-hybridized carbons (Fsp3) is 0.200. The first-order chi connectivity index (χ1) is 3.43. The minimum Gasteiger partial charge on any atom is -0.344 e. The monoisotopic (exact) mass is 98.0 g/mol. The van der Waals surface area contributed by atoms with Crippen molar-refractivity contribution in [3.05, 3.63) is 24.0 Å². The summed E-state index contributed by atoms with van der Waals surface area (Å²) in [6, 6.07) is 0. The molecule has 0 saturated heterocycles. The molecule has 0 aromatic heterocycles. The van der Waals surface area contributed by atoms with Gasteiger partial charge in [0.2, 0.25) is 0 Å². The van der Waals surface area contributed by atoms with E-state index in [0.29, 0.717) is 5.76 Å². The second kappa shape index (κ2) is 1.80. The predicted molar refractivity (Wildman–Crippen MR) is 25.6 cm³/mol. The molecule has 0 aromatic carbocycles. The van der Waals surface area contributed by atoms with Crippen LogP contribution in [0.4, 0.5) is 0 Å². The molecule has 1 N–H and O–H groups in total. The highest BCUT2D eigenvalue weighted by molar-refractivity contribution is 5.17. The van der Waals surface area contributed by atoms with Crippen LogP contribution < -0.4 is 0 Å². The molecule has 0 spiro atoms. The van der Waals surface area contributed by atoms with Crippen molar-refractivity contribution in [3.8, 4) is 0 Å². The van der Waals surface area contributed by atoms with Gasteiger partial charge in [0.25, 0.3) is 0 Å². The summed E-state index contributed by atoms with van der Waals surface area (Å²) in [5.41, 5.74) is 0. The molecule has 0 fully saturated rings. The largest absolute Gasteiger partial charge is 0.344 e. The van der Waals surface area contributed by atoms with Crippen LogP contribution in [0.1, 0.15) is 6.42 Å². The Morgan fingerprint density at radius 1 is 1.71 bits per heavy atom. The quantitative estimate of drug-likeness (QED) is 0.396. The van der Waals surface area contributed by atoms with Gasteiger partial charge in [0.15, 0.2) is 0 Å². The van der Waals surface area contributed by atoms with Crippen LogP contribution >= 0.6 is 0 Å². The van der Waals surface area contributed by atoms with Crippen LogP contribution in [-0.4, -0.2) is 5.26 Å². The lowest BCUT2D eigenvalue weighted by Crippen LogP contribution is -1.78. The molecule has 0 aliphatic heterocycles. The fourth-order valence-corrected chi connectivity index (χ4v) is 0.495. The highest BCUT2D eigenvalue weighted by Gasteiger charge is 1.95. The third-order valence-electron chi connectivity index (χ3n) is 0.854. The van der Waals surface area contributed by atoms with Gasteiger partial charge in [-0.25, -0.2) is 5.26 Å². The topological polar surface area (TPSA) is 29.5 Å². The lowest BCUT2D eigenvalue weighted by molar-refractivity contribution is -0.203. The van der Waals surface area contributed by atoms with E-state index in [-0.39, 0.29) is 0 Å². The van der Waals surface area contributed by atoms with E-state index < -0.39 is 0 Å². The van der Waals surface area contributed by atoms with Crippen LogP contribution in [0, 0.1) is 0 Å². The Morgan fingerprint density at radius 2 is 2.57 bits per heavy atom. The van der Waals surface area contributed by atoms with E-state index in [1.54, 1.807) is 6.08 Å². The third kappa shape index (κ3) is 0.810. The Balaban J connectivity index is 2.45. The average molecular weight is 98.1 g/mol. The fourth-order valence-electron chi connectivity index (χ4n) is 0.495. The first-order valence-corrected chi connectivity index (χ1v) is 2.10. The van der Waals surface area contributed by atoms with Crippen molar-refractivity contribution < 1.29 is 10.1 Å². The van der Waals surface area contributed by atoms with E-state index in [9.17, 15) is 0 Å². The molecule has 0 unspecified atom stereocenters. The highest BCUT2D eigenvalue weighted by Crippen LogP contribution is 2.08. The molecule has 7 heavy (non-hydrogen) atoms. The van der Waals surface area contributed by atoms with E-state index in [1.807, 2.05) is 12.2 Å². The number of hydrogen-bond acceptors (Lipinski definition) is 2. The minimum atomic E-state index is 0.611. The molecule has 1 aliphatic carbocycles. The van der Waals surface area contributed by atoms with E-state index in [2.05, 4.69) is 4.89 Å². The molecule has 0 radical (unpaired) electrons. The van der Waals surface area contributed by atoms with E-state index >= 15 is 0 Å². The normalized spacial score (nSPS) is 17.0. The molecule has 38 valence electrons. The molecule has 0 amide bonds. The van der Waals surface area contributed by atoms with Crippen LogP contribution in [0.5, 0.6) is 0 Å². The molecule has 1 aliphatic rings. The van der Waals surface area contributed by atoms with E-state index in [0.717, 1.165) is 6.42 Å². The van der Waals surface area contributed by atoms with Crippen molar-refractivity contribution >= 4 is 0 Å². The lowest BCUT2D eigenvalue weighted by Gasteiger charge is -1.90. The molecule has 0 heterocycles. The summed E-state index contributed by atoms with van der Waals surface area (Å²) in [5, 5.41) is 7.96. The van der Waals surface area contributed by atoms with Crippen molar-refractivity contribution in [2.75, 3.05) is 0 Å². The van der Waals surface area contributed by atoms with E-state index in [4.69, 9.17) is 5.26 Å². The third-order valence-corrected chi connectivity index (χ3v) is 0.854. The van der Waals surface area contributed by atoms with Crippen molar-refractivity contribution in [2.45, 2.75) is 6.42 Å². The van der Waals surface area contributed by atoms with Gasteiger partial charge in [-0.15, -0.1) is 0 Å². The van der Waals surface area contributed by atoms with Gasteiger partial charge < -0.3 is 4.89 Å². The van der Waals surface area contributed by atoms with Crippen LogP contribution in [0.2, 0.25) is 0 Å². The van der Waals surface area contributed by atoms with Gasteiger partial charge in [-0.05, 0) is 6.08 Å². The van der Waals surface area contributed by atoms with Gasteiger partial charge in [0, 0.05) is 6.42 Å². The number of allylic oxidation sites excluding steroid dienone is 3. The summed E-state index contributed by atoms with van der Waals surface area (Å²) in [5.74, 6) is 0.611. The smallest absolute Gasteiger partial charge is 0.145 e. The lowest BCUT2D eigenvalue weighted by atomic mass is 10.4. The summed E-state index contributed by atoms with van der Waals surface area (Å²) in [6.45, 7) is 0. The van der Waals surface area contributed by atoms with Crippen LogP contribution in [0.25, 0.3) is 0 Å². The Hall–Kier alpha value is -0.760. The summed E-state index contributed by atoms with van der Waals surface area (Å²) >= 11 is 0. The van der Waals surface area contributed by atoms with Crippen molar-refractivity contribution in [3.63, 3.8) is 0 Å². The second-order valence-corrected chi connectivity index (χ2v) is 1.36. The van der Waals surface area contributed by atoms with Crippen molar-refractivity contribution in [1.82, 2.24) is 0 Å².